The van der Waals surface area contributed by atoms with Crippen molar-refractivity contribution in [1.29, 1.82) is 0 Å². The predicted molar refractivity (Wildman–Crippen MR) is 96.4 cm³/mol. The molecule has 3 aromatic rings. The Morgan fingerprint density at radius 2 is 1.87 bits per heavy atom. The lowest BCUT2D eigenvalue weighted by molar-refractivity contribution is -0.113. The van der Waals surface area contributed by atoms with Gasteiger partial charge < -0.3 is 10.4 Å². The molecule has 0 aliphatic heterocycles. The van der Waals surface area contributed by atoms with Crippen LogP contribution in [0.2, 0.25) is 5.02 Å². The van der Waals surface area contributed by atoms with Gasteiger partial charge in [0.15, 0.2) is 0 Å². The second-order valence-electron chi connectivity index (χ2n) is 4.98. The molecule has 0 aliphatic rings. The number of phenols is 1. The summed E-state index contributed by atoms with van der Waals surface area (Å²) in [7, 11) is 0. The second kappa shape index (κ2) is 6.94. The molecule has 3 rings (SSSR count). The van der Waals surface area contributed by atoms with E-state index >= 15 is 0 Å². The van der Waals surface area contributed by atoms with Crippen LogP contribution in [0.1, 0.15) is 0 Å². The lowest BCUT2D eigenvalue weighted by Crippen LogP contribution is -2.14. The molecule has 5 heteroatoms. The molecule has 1 amide bonds. The maximum absolute atomic E-state index is 12.1. The largest absolute Gasteiger partial charge is 0.506 e. The van der Waals surface area contributed by atoms with E-state index in [9.17, 15) is 9.90 Å². The number of anilines is 1. The number of phenolic OH excluding ortho intramolecular Hbond substituents is 1. The Balaban J connectivity index is 1.70. The molecule has 0 unspecified atom stereocenters. The molecule has 0 aromatic heterocycles. The normalized spacial score (nSPS) is 10.7. The Morgan fingerprint density at radius 1 is 1.09 bits per heavy atom. The van der Waals surface area contributed by atoms with Crippen molar-refractivity contribution in [1.82, 2.24) is 0 Å². The summed E-state index contributed by atoms with van der Waals surface area (Å²) in [6, 6.07) is 18.6. The highest BCUT2D eigenvalue weighted by Crippen LogP contribution is 2.29. The number of aromatic hydroxyl groups is 1. The fourth-order valence-electron chi connectivity index (χ4n) is 2.26. The van der Waals surface area contributed by atoms with E-state index in [-0.39, 0.29) is 17.4 Å². The zero-order valence-corrected chi connectivity index (χ0v) is 13.7. The van der Waals surface area contributed by atoms with Crippen LogP contribution in [-0.4, -0.2) is 16.8 Å². The minimum Gasteiger partial charge on any atom is -0.506 e. The number of hydrogen-bond acceptors (Lipinski definition) is 3. The number of benzene rings is 3. The fourth-order valence-corrected chi connectivity index (χ4v) is 3.31. The number of nitrogens with one attached hydrogen (secondary N) is 1. The van der Waals surface area contributed by atoms with Gasteiger partial charge in [0.05, 0.1) is 11.4 Å². The van der Waals surface area contributed by atoms with Crippen molar-refractivity contribution in [2.45, 2.75) is 4.90 Å². The van der Waals surface area contributed by atoms with Crippen molar-refractivity contribution < 1.29 is 9.90 Å². The lowest BCUT2D eigenvalue weighted by Gasteiger charge is -2.09. The summed E-state index contributed by atoms with van der Waals surface area (Å²) in [5, 5.41) is 15.1. The van der Waals surface area contributed by atoms with E-state index in [0.717, 1.165) is 15.7 Å². The van der Waals surface area contributed by atoms with Gasteiger partial charge in [0.25, 0.3) is 0 Å². The number of hydrogen-bond donors (Lipinski definition) is 2. The van der Waals surface area contributed by atoms with E-state index in [0.29, 0.717) is 10.7 Å². The van der Waals surface area contributed by atoms with Crippen molar-refractivity contribution in [3.63, 3.8) is 0 Å². The van der Waals surface area contributed by atoms with Gasteiger partial charge in [-0.1, -0.05) is 48.0 Å². The summed E-state index contributed by atoms with van der Waals surface area (Å²) < 4.78 is 0. The van der Waals surface area contributed by atoms with Gasteiger partial charge in [0.1, 0.15) is 5.75 Å². The summed E-state index contributed by atoms with van der Waals surface area (Å²) in [5.74, 6) is 0.0540. The third-order valence-electron chi connectivity index (χ3n) is 3.34. The van der Waals surface area contributed by atoms with Crippen molar-refractivity contribution >= 4 is 45.7 Å². The topological polar surface area (TPSA) is 49.3 Å². The summed E-state index contributed by atoms with van der Waals surface area (Å²) in [6.07, 6.45) is 0. The molecule has 3 nitrogen and oxygen atoms in total. The van der Waals surface area contributed by atoms with Crippen molar-refractivity contribution in [3.05, 3.63) is 65.7 Å². The molecular weight excluding hydrogens is 330 g/mol. The van der Waals surface area contributed by atoms with Crippen molar-refractivity contribution in [3.8, 4) is 5.75 Å². The minimum absolute atomic E-state index is 0.00193. The van der Waals surface area contributed by atoms with Crippen molar-refractivity contribution in [2.75, 3.05) is 11.1 Å². The number of carbonyl (C=O) groups excluding carboxylic acids is 1. The van der Waals surface area contributed by atoms with Crippen LogP contribution in [-0.2, 0) is 4.79 Å². The number of carbonyl (C=O) groups is 1. The quantitative estimate of drug-likeness (QED) is 0.521. The standard InChI is InChI=1S/C18H14ClNO2S/c19-13-8-9-16(21)15(10-13)20-18(22)11-23-17-7-3-5-12-4-1-2-6-14(12)17/h1-10,21H,11H2,(H,20,22). The third-order valence-corrected chi connectivity index (χ3v) is 4.65. The van der Waals surface area contributed by atoms with E-state index in [1.54, 1.807) is 6.07 Å². The number of thioether (sulfide) groups is 1. The number of amides is 1. The molecule has 0 fully saturated rings. The molecule has 116 valence electrons. The third kappa shape index (κ3) is 3.78. The Kier molecular flexibility index (Phi) is 4.74. The first-order valence-corrected chi connectivity index (χ1v) is 8.39. The Bertz CT molecular complexity index is 861. The summed E-state index contributed by atoms with van der Waals surface area (Å²) in [5.41, 5.74) is 0.320. The molecule has 0 saturated heterocycles. The molecule has 0 bridgehead atoms. The van der Waals surface area contributed by atoms with Gasteiger partial charge in [-0.3, -0.25) is 4.79 Å². The summed E-state index contributed by atoms with van der Waals surface area (Å²) >= 11 is 7.33. The molecule has 0 saturated carbocycles. The van der Waals surface area contributed by atoms with Gasteiger partial charge in [-0.2, -0.15) is 0 Å². The zero-order valence-electron chi connectivity index (χ0n) is 12.1. The highest BCUT2D eigenvalue weighted by Gasteiger charge is 2.09. The first kappa shape index (κ1) is 15.7. The van der Waals surface area contributed by atoms with Gasteiger partial charge in [-0.25, -0.2) is 0 Å². The highest BCUT2D eigenvalue weighted by molar-refractivity contribution is 8.00. The Morgan fingerprint density at radius 3 is 2.74 bits per heavy atom. The SMILES string of the molecule is O=C(CSc1cccc2ccccc12)Nc1cc(Cl)ccc1O. The van der Waals surface area contributed by atoms with Crippen LogP contribution in [0.25, 0.3) is 10.8 Å². The van der Waals surface area contributed by atoms with Gasteiger partial charge in [-0.15, -0.1) is 11.8 Å². The van der Waals surface area contributed by atoms with Crippen LogP contribution in [0.15, 0.2) is 65.6 Å². The van der Waals surface area contributed by atoms with E-state index in [1.165, 1.54) is 23.9 Å². The van der Waals surface area contributed by atoms with Gasteiger partial charge >= 0.3 is 0 Å². The smallest absolute Gasteiger partial charge is 0.234 e. The first-order chi connectivity index (χ1) is 11.1. The highest BCUT2D eigenvalue weighted by atomic mass is 35.5. The van der Waals surface area contributed by atoms with E-state index < -0.39 is 0 Å². The minimum atomic E-state index is -0.194. The maximum Gasteiger partial charge on any atom is 0.234 e. The van der Waals surface area contributed by atoms with Crippen LogP contribution in [0.3, 0.4) is 0 Å². The molecule has 0 spiro atoms. The van der Waals surface area contributed by atoms with Crippen LogP contribution in [0, 0.1) is 0 Å². The van der Waals surface area contributed by atoms with Crippen LogP contribution in [0.5, 0.6) is 5.75 Å². The number of fused-ring (bicyclic) bond motifs is 1. The zero-order chi connectivity index (χ0) is 16.2. The van der Waals surface area contributed by atoms with Gasteiger partial charge in [-0.05, 0) is 35.0 Å². The Hall–Kier alpha value is -2.17. The van der Waals surface area contributed by atoms with Gasteiger partial charge in [0, 0.05) is 9.92 Å². The second-order valence-corrected chi connectivity index (χ2v) is 6.43. The molecule has 2 N–H and O–H groups in total. The van der Waals surface area contributed by atoms with Crippen LogP contribution >= 0.6 is 23.4 Å². The van der Waals surface area contributed by atoms with E-state index in [1.807, 2.05) is 42.5 Å². The van der Waals surface area contributed by atoms with E-state index in [2.05, 4.69) is 5.32 Å². The summed E-state index contributed by atoms with van der Waals surface area (Å²) in [6.45, 7) is 0. The average molecular weight is 344 g/mol. The molecule has 3 aromatic carbocycles. The predicted octanol–water partition coefficient (Wildman–Crippen LogP) is 4.93. The Labute approximate surface area is 143 Å². The molecule has 23 heavy (non-hydrogen) atoms. The first-order valence-electron chi connectivity index (χ1n) is 7.02. The molecule has 0 aliphatic carbocycles. The summed E-state index contributed by atoms with van der Waals surface area (Å²) in [4.78, 5) is 13.1. The lowest BCUT2D eigenvalue weighted by atomic mass is 10.1. The fraction of sp³-hybridized carbons (Fsp3) is 0.0556. The van der Waals surface area contributed by atoms with Gasteiger partial charge in [0.2, 0.25) is 5.91 Å². The monoisotopic (exact) mass is 343 g/mol. The molecule has 0 atom stereocenters. The molecular formula is C18H14ClNO2S. The molecule has 0 heterocycles. The van der Waals surface area contributed by atoms with E-state index in [4.69, 9.17) is 11.6 Å². The average Bonchev–Trinajstić information content (AvgIpc) is 2.56. The molecule has 0 radical (unpaired) electrons. The maximum atomic E-state index is 12.1. The van der Waals surface area contributed by atoms with Crippen LogP contribution in [0.4, 0.5) is 5.69 Å². The number of halogens is 1. The van der Waals surface area contributed by atoms with Crippen LogP contribution < -0.4 is 5.32 Å². The number of rotatable bonds is 4. The van der Waals surface area contributed by atoms with Crippen molar-refractivity contribution in [2.24, 2.45) is 0 Å².